The standard InChI is InChI=1S/C12H22N2O4/c1-9(10(15)18-3)14-11(16)12(8-17-2)4-6-13-7-5-12/h9,13H,4-8H2,1-3H3,(H,14,16)/t9-/m1/s1. The van der Waals surface area contributed by atoms with Crippen LogP contribution in [0.25, 0.3) is 0 Å². The number of rotatable bonds is 5. The van der Waals surface area contributed by atoms with Gasteiger partial charge < -0.3 is 20.1 Å². The van der Waals surface area contributed by atoms with Crippen molar-refractivity contribution in [3.05, 3.63) is 0 Å². The fraction of sp³-hybridized carbons (Fsp3) is 0.833. The van der Waals surface area contributed by atoms with Gasteiger partial charge in [0.15, 0.2) is 0 Å². The fourth-order valence-electron chi connectivity index (χ4n) is 2.20. The van der Waals surface area contributed by atoms with Crippen molar-refractivity contribution in [2.24, 2.45) is 5.41 Å². The first kappa shape index (κ1) is 14.9. The molecule has 1 rings (SSSR count). The largest absolute Gasteiger partial charge is 0.467 e. The first-order valence-electron chi connectivity index (χ1n) is 6.14. The predicted molar refractivity (Wildman–Crippen MR) is 66.0 cm³/mol. The van der Waals surface area contributed by atoms with Gasteiger partial charge in [0, 0.05) is 7.11 Å². The first-order valence-corrected chi connectivity index (χ1v) is 6.14. The molecule has 0 aliphatic carbocycles. The van der Waals surface area contributed by atoms with Crippen LogP contribution < -0.4 is 10.6 Å². The van der Waals surface area contributed by atoms with E-state index in [0.29, 0.717) is 19.4 Å². The molecule has 6 nitrogen and oxygen atoms in total. The van der Waals surface area contributed by atoms with Crippen LogP contribution in [0.15, 0.2) is 0 Å². The number of carbonyl (C=O) groups is 2. The molecule has 1 aliphatic rings. The lowest BCUT2D eigenvalue weighted by Crippen LogP contribution is -2.53. The minimum absolute atomic E-state index is 0.135. The van der Waals surface area contributed by atoms with Crippen molar-refractivity contribution in [2.45, 2.75) is 25.8 Å². The van der Waals surface area contributed by atoms with E-state index in [-0.39, 0.29) is 5.91 Å². The average Bonchev–Trinajstić information content (AvgIpc) is 2.39. The summed E-state index contributed by atoms with van der Waals surface area (Å²) in [6.07, 6.45) is 1.42. The van der Waals surface area contributed by atoms with Crippen molar-refractivity contribution in [3.8, 4) is 0 Å². The fourth-order valence-corrected chi connectivity index (χ4v) is 2.20. The number of ether oxygens (including phenoxy) is 2. The SMILES string of the molecule is COCC1(C(=O)N[C@H](C)C(=O)OC)CCNCC1. The van der Waals surface area contributed by atoms with Gasteiger partial charge in [-0.25, -0.2) is 4.79 Å². The lowest BCUT2D eigenvalue weighted by Gasteiger charge is -2.36. The molecule has 0 aromatic rings. The van der Waals surface area contributed by atoms with Gasteiger partial charge in [-0.05, 0) is 32.9 Å². The summed E-state index contributed by atoms with van der Waals surface area (Å²) < 4.78 is 9.77. The van der Waals surface area contributed by atoms with E-state index >= 15 is 0 Å². The van der Waals surface area contributed by atoms with Crippen LogP contribution in [0.3, 0.4) is 0 Å². The van der Waals surface area contributed by atoms with Crippen molar-refractivity contribution in [2.75, 3.05) is 33.9 Å². The molecule has 0 saturated carbocycles. The zero-order valence-corrected chi connectivity index (χ0v) is 11.2. The highest BCUT2D eigenvalue weighted by atomic mass is 16.5. The Kier molecular flexibility index (Phi) is 5.55. The minimum Gasteiger partial charge on any atom is -0.467 e. The number of hydrogen-bond donors (Lipinski definition) is 2. The molecule has 18 heavy (non-hydrogen) atoms. The Bertz CT molecular complexity index is 295. The third kappa shape index (κ3) is 3.43. The zero-order chi connectivity index (χ0) is 13.6. The number of hydrogen-bond acceptors (Lipinski definition) is 5. The van der Waals surface area contributed by atoms with Gasteiger partial charge in [0.05, 0.1) is 19.1 Å². The second-order valence-corrected chi connectivity index (χ2v) is 4.68. The summed E-state index contributed by atoms with van der Waals surface area (Å²) in [5, 5.41) is 5.92. The third-order valence-corrected chi connectivity index (χ3v) is 3.37. The highest BCUT2D eigenvalue weighted by Crippen LogP contribution is 2.29. The van der Waals surface area contributed by atoms with Crippen molar-refractivity contribution < 1.29 is 19.1 Å². The number of methoxy groups -OCH3 is 2. The number of amides is 1. The maximum absolute atomic E-state index is 12.3. The summed E-state index contributed by atoms with van der Waals surface area (Å²) >= 11 is 0. The number of esters is 1. The molecule has 0 spiro atoms. The Labute approximate surface area is 107 Å². The lowest BCUT2D eigenvalue weighted by atomic mass is 9.78. The third-order valence-electron chi connectivity index (χ3n) is 3.37. The monoisotopic (exact) mass is 258 g/mol. The molecule has 6 heteroatoms. The van der Waals surface area contributed by atoms with Crippen LogP contribution in [0, 0.1) is 5.41 Å². The van der Waals surface area contributed by atoms with Gasteiger partial charge in [0.2, 0.25) is 5.91 Å². The van der Waals surface area contributed by atoms with Crippen LogP contribution in [0.5, 0.6) is 0 Å². The molecular weight excluding hydrogens is 236 g/mol. The molecule has 1 atom stereocenters. The van der Waals surface area contributed by atoms with Gasteiger partial charge >= 0.3 is 5.97 Å². The lowest BCUT2D eigenvalue weighted by molar-refractivity contribution is -0.147. The second-order valence-electron chi connectivity index (χ2n) is 4.68. The normalized spacial score (nSPS) is 19.9. The summed E-state index contributed by atoms with van der Waals surface area (Å²) in [5.41, 5.74) is -0.539. The summed E-state index contributed by atoms with van der Waals surface area (Å²) in [5.74, 6) is -0.575. The van der Waals surface area contributed by atoms with Crippen molar-refractivity contribution in [1.29, 1.82) is 0 Å². The van der Waals surface area contributed by atoms with E-state index in [1.165, 1.54) is 7.11 Å². The van der Waals surface area contributed by atoms with Gasteiger partial charge in [-0.3, -0.25) is 4.79 Å². The van der Waals surface area contributed by atoms with Crippen molar-refractivity contribution >= 4 is 11.9 Å². The topological polar surface area (TPSA) is 76.7 Å². The maximum atomic E-state index is 12.3. The number of nitrogens with one attached hydrogen (secondary N) is 2. The number of carbonyl (C=O) groups excluding carboxylic acids is 2. The van der Waals surface area contributed by atoms with Gasteiger partial charge in [-0.1, -0.05) is 0 Å². The van der Waals surface area contributed by atoms with E-state index < -0.39 is 17.4 Å². The second kappa shape index (κ2) is 6.70. The van der Waals surface area contributed by atoms with E-state index in [1.807, 2.05) is 0 Å². The zero-order valence-electron chi connectivity index (χ0n) is 11.2. The Morgan fingerprint density at radius 1 is 1.33 bits per heavy atom. The predicted octanol–water partition coefficient (Wildman–Crippen LogP) is -0.320. The molecule has 0 unspecified atom stereocenters. The Morgan fingerprint density at radius 3 is 2.44 bits per heavy atom. The highest BCUT2D eigenvalue weighted by molar-refractivity contribution is 5.88. The average molecular weight is 258 g/mol. The molecule has 1 amide bonds. The Hall–Kier alpha value is -1.14. The molecule has 1 heterocycles. The maximum Gasteiger partial charge on any atom is 0.328 e. The van der Waals surface area contributed by atoms with Crippen LogP contribution in [-0.4, -0.2) is 51.8 Å². The van der Waals surface area contributed by atoms with E-state index in [4.69, 9.17) is 4.74 Å². The van der Waals surface area contributed by atoms with Gasteiger partial charge in [-0.15, -0.1) is 0 Å². The molecule has 1 saturated heterocycles. The summed E-state index contributed by atoms with van der Waals surface area (Å²) in [7, 11) is 2.89. The van der Waals surface area contributed by atoms with Crippen LogP contribution in [0.1, 0.15) is 19.8 Å². The molecule has 104 valence electrons. The molecular formula is C12H22N2O4. The van der Waals surface area contributed by atoms with Gasteiger partial charge in [-0.2, -0.15) is 0 Å². The Morgan fingerprint density at radius 2 is 1.94 bits per heavy atom. The van der Waals surface area contributed by atoms with Crippen molar-refractivity contribution in [3.63, 3.8) is 0 Å². The number of piperidine rings is 1. The molecule has 2 N–H and O–H groups in total. The van der Waals surface area contributed by atoms with Gasteiger partial charge in [0.25, 0.3) is 0 Å². The summed E-state index contributed by atoms with van der Waals surface area (Å²) in [4.78, 5) is 23.6. The molecule has 0 aromatic carbocycles. The summed E-state index contributed by atoms with van der Waals surface area (Å²) in [6.45, 7) is 3.55. The minimum atomic E-state index is -0.633. The smallest absolute Gasteiger partial charge is 0.328 e. The van der Waals surface area contributed by atoms with E-state index in [1.54, 1.807) is 14.0 Å². The molecule has 0 radical (unpaired) electrons. The van der Waals surface area contributed by atoms with Crippen LogP contribution in [0.4, 0.5) is 0 Å². The van der Waals surface area contributed by atoms with Crippen LogP contribution in [-0.2, 0) is 19.1 Å². The highest BCUT2D eigenvalue weighted by Gasteiger charge is 2.40. The molecule has 1 fully saturated rings. The molecule has 0 bridgehead atoms. The first-order chi connectivity index (χ1) is 8.55. The van der Waals surface area contributed by atoms with E-state index in [0.717, 1.165) is 13.1 Å². The van der Waals surface area contributed by atoms with E-state index in [9.17, 15) is 9.59 Å². The van der Waals surface area contributed by atoms with Gasteiger partial charge in [0.1, 0.15) is 6.04 Å². The molecule has 1 aliphatic heterocycles. The Balaban J connectivity index is 2.67. The van der Waals surface area contributed by atoms with Crippen LogP contribution in [0.2, 0.25) is 0 Å². The van der Waals surface area contributed by atoms with Crippen LogP contribution >= 0.6 is 0 Å². The molecule has 0 aromatic heterocycles. The quantitative estimate of drug-likeness (QED) is 0.661. The summed E-state index contributed by atoms with van der Waals surface area (Å²) in [6, 6.07) is -0.633. The van der Waals surface area contributed by atoms with Crippen molar-refractivity contribution in [1.82, 2.24) is 10.6 Å². The van der Waals surface area contributed by atoms with E-state index in [2.05, 4.69) is 15.4 Å².